The smallest absolute Gasteiger partial charge is 0.430 e. The van der Waals surface area contributed by atoms with Gasteiger partial charge in [-0.1, -0.05) is 36.4 Å². The molecule has 0 saturated carbocycles. The Hall–Kier alpha value is -0.795. The molecule has 0 aliphatic rings. The van der Waals surface area contributed by atoms with E-state index in [-0.39, 0.29) is 0 Å². The summed E-state index contributed by atoms with van der Waals surface area (Å²) >= 11 is 0. The molecule has 0 aliphatic carbocycles. The van der Waals surface area contributed by atoms with Gasteiger partial charge in [0, 0.05) is 0 Å². The molecule has 0 aromatic heterocycles. The van der Waals surface area contributed by atoms with Crippen LogP contribution in [0.25, 0.3) is 0 Å². The Morgan fingerprint density at radius 1 is 0.667 bits per heavy atom. The van der Waals surface area contributed by atoms with E-state index in [0.717, 1.165) is 0 Å². The van der Waals surface area contributed by atoms with E-state index in [1.807, 2.05) is 36.4 Å². The normalized spacial score (nSPS) is 6.89. The van der Waals surface area contributed by atoms with E-state index in [9.17, 15) is 0 Å². The molecule has 1 rings (SSSR count). The summed E-state index contributed by atoms with van der Waals surface area (Å²) in [5.74, 6) is 0. The van der Waals surface area contributed by atoms with Crippen molar-refractivity contribution in [3.63, 3.8) is 0 Å². The fourth-order valence-corrected chi connectivity index (χ4v) is 0.385. The molecule has 0 unspecified atom stereocenters. The van der Waals surface area contributed by atoms with Crippen molar-refractivity contribution in [1.82, 2.24) is 0 Å². The van der Waals surface area contributed by atoms with Gasteiger partial charge in [0.15, 0.2) is 0 Å². The third kappa shape index (κ3) is 7.20. The lowest BCUT2D eigenvalue weighted by Gasteiger charge is -1.69. The Morgan fingerprint density at radius 3 is 0.889 bits per heavy atom. The molecule has 0 radical (unpaired) electrons. The van der Waals surface area contributed by atoms with Crippen LogP contribution in [0.5, 0.6) is 0 Å². The van der Waals surface area contributed by atoms with Crippen LogP contribution in [0.4, 0.5) is 0 Å². The Labute approximate surface area is 55.1 Å². The average Bonchev–Trinajstić information content (AvgIpc) is 1.93. The van der Waals surface area contributed by atoms with Gasteiger partial charge in [0.2, 0.25) is 0 Å². The Bertz CT molecular complexity index is 93.9. The summed E-state index contributed by atoms with van der Waals surface area (Å²) in [7, 11) is -0.750. The molecule has 2 nitrogen and oxygen atoms in total. The second-order valence-corrected chi connectivity index (χ2v) is 1.30. The summed E-state index contributed by atoms with van der Waals surface area (Å²) in [5, 5.41) is 14.2. The van der Waals surface area contributed by atoms with Gasteiger partial charge in [0.1, 0.15) is 0 Å². The zero-order valence-corrected chi connectivity index (χ0v) is 5.07. The maximum Gasteiger partial charge on any atom is 0.432 e. The Morgan fingerprint density at radius 2 is 0.778 bits per heavy atom. The van der Waals surface area contributed by atoms with Gasteiger partial charge < -0.3 is 10.0 Å². The molecule has 0 fully saturated rings. The summed E-state index contributed by atoms with van der Waals surface area (Å²) in [5.41, 5.74) is 0. The molecule has 2 N–H and O–H groups in total. The Kier molecular flexibility index (Phi) is 6.57. The second-order valence-electron chi connectivity index (χ2n) is 1.30. The van der Waals surface area contributed by atoms with Crippen LogP contribution in [0.3, 0.4) is 0 Å². The quantitative estimate of drug-likeness (QED) is 0.475. The van der Waals surface area contributed by atoms with Crippen molar-refractivity contribution in [3.05, 3.63) is 36.4 Å². The van der Waals surface area contributed by atoms with Gasteiger partial charge in [-0.2, -0.15) is 0 Å². The first-order valence-electron chi connectivity index (χ1n) is 2.63. The lowest BCUT2D eigenvalue weighted by atomic mass is 10.4. The van der Waals surface area contributed by atoms with Gasteiger partial charge in [0.05, 0.1) is 0 Å². The number of hydrogen-bond acceptors (Lipinski definition) is 2. The lowest BCUT2D eigenvalue weighted by molar-refractivity contribution is 0.448. The highest BCUT2D eigenvalue weighted by Crippen LogP contribution is 1.79. The molecular weight excluding hydrogens is 115 g/mol. The van der Waals surface area contributed by atoms with Gasteiger partial charge in [-0.3, -0.25) is 0 Å². The SMILES string of the molecule is OBO.c1ccccc1. The van der Waals surface area contributed by atoms with Crippen molar-refractivity contribution in [3.8, 4) is 0 Å². The van der Waals surface area contributed by atoms with Crippen LogP contribution in [0.1, 0.15) is 0 Å². The fourth-order valence-electron chi connectivity index (χ4n) is 0.385. The van der Waals surface area contributed by atoms with E-state index in [4.69, 9.17) is 10.0 Å². The fraction of sp³-hybridized carbons (Fsp3) is 0. The van der Waals surface area contributed by atoms with E-state index in [2.05, 4.69) is 0 Å². The molecule has 0 spiro atoms. The zero-order chi connectivity index (χ0) is 6.95. The van der Waals surface area contributed by atoms with Crippen LogP contribution >= 0.6 is 0 Å². The summed E-state index contributed by atoms with van der Waals surface area (Å²) in [6.45, 7) is 0. The van der Waals surface area contributed by atoms with E-state index < -0.39 is 7.69 Å². The van der Waals surface area contributed by atoms with Crippen molar-refractivity contribution in [2.75, 3.05) is 0 Å². The van der Waals surface area contributed by atoms with Crippen LogP contribution in [-0.4, -0.2) is 17.7 Å². The van der Waals surface area contributed by atoms with Crippen molar-refractivity contribution < 1.29 is 10.0 Å². The predicted molar refractivity (Wildman–Crippen MR) is 38.0 cm³/mol. The molecule has 48 valence electrons. The second kappa shape index (κ2) is 7.20. The first-order valence-corrected chi connectivity index (χ1v) is 2.63. The number of rotatable bonds is 0. The molecule has 0 aliphatic heterocycles. The first-order chi connectivity index (χ1) is 4.41. The Balaban J connectivity index is 0.000000187. The molecular formula is C6H9BO2. The van der Waals surface area contributed by atoms with Gasteiger partial charge >= 0.3 is 7.69 Å². The molecule has 0 heterocycles. The maximum absolute atomic E-state index is 7.12. The molecule has 0 atom stereocenters. The number of hydrogen-bond donors (Lipinski definition) is 2. The third-order valence-electron chi connectivity index (χ3n) is 0.667. The highest BCUT2D eigenvalue weighted by Gasteiger charge is 1.57. The molecule has 9 heavy (non-hydrogen) atoms. The standard InChI is InChI=1S/C6H6.BH3O2/c1-2-4-6-5-3-1;2-1-3/h1-6H;1-3H. The number of benzene rings is 1. The molecule has 0 amide bonds. The largest absolute Gasteiger partial charge is 0.432 e. The third-order valence-corrected chi connectivity index (χ3v) is 0.667. The monoisotopic (exact) mass is 124 g/mol. The first kappa shape index (κ1) is 8.20. The minimum absolute atomic E-state index is 0.750. The van der Waals surface area contributed by atoms with Crippen molar-refractivity contribution in [2.24, 2.45) is 0 Å². The topological polar surface area (TPSA) is 40.5 Å². The van der Waals surface area contributed by atoms with Gasteiger partial charge in [-0.15, -0.1) is 0 Å². The highest BCUT2D eigenvalue weighted by molar-refractivity contribution is 6.13. The van der Waals surface area contributed by atoms with E-state index in [1.165, 1.54) is 0 Å². The maximum atomic E-state index is 7.12. The van der Waals surface area contributed by atoms with Crippen LogP contribution in [0.2, 0.25) is 0 Å². The minimum Gasteiger partial charge on any atom is -0.430 e. The van der Waals surface area contributed by atoms with Crippen molar-refractivity contribution in [1.29, 1.82) is 0 Å². The molecule has 3 heteroatoms. The van der Waals surface area contributed by atoms with E-state index in [0.29, 0.717) is 0 Å². The predicted octanol–water partition coefficient (Wildman–Crippen LogP) is -0.0759. The minimum atomic E-state index is -0.750. The average molecular weight is 124 g/mol. The molecule has 0 bridgehead atoms. The highest BCUT2D eigenvalue weighted by atomic mass is 16.4. The van der Waals surface area contributed by atoms with Gasteiger partial charge in [-0.05, 0) is 0 Å². The van der Waals surface area contributed by atoms with E-state index >= 15 is 0 Å². The molecule has 0 saturated heterocycles. The van der Waals surface area contributed by atoms with E-state index in [1.54, 1.807) is 0 Å². The zero-order valence-electron chi connectivity index (χ0n) is 5.07. The molecule has 1 aromatic rings. The van der Waals surface area contributed by atoms with Gasteiger partial charge in [0.25, 0.3) is 0 Å². The van der Waals surface area contributed by atoms with Crippen LogP contribution in [0, 0.1) is 0 Å². The summed E-state index contributed by atoms with van der Waals surface area (Å²) < 4.78 is 0. The van der Waals surface area contributed by atoms with Gasteiger partial charge in [-0.25, -0.2) is 0 Å². The summed E-state index contributed by atoms with van der Waals surface area (Å²) in [4.78, 5) is 0. The van der Waals surface area contributed by atoms with Crippen LogP contribution in [0.15, 0.2) is 36.4 Å². The van der Waals surface area contributed by atoms with Crippen LogP contribution < -0.4 is 0 Å². The van der Waals surface area contributed by atoms with Crippen molar-refractivity contribution >= 4 is 7.69 Å². The van der Waals surface area contributed by atoms with Crippen LogP contribution in [-0.2, 0) is 0 Å². The molecule has 1 aromatic carbocycles. The summed E-state index contributed by atoms with van der Waals surface area (Å²) in [6.07, 6.45) is 0. The lowest BCUT2D eigenvalue weighted by Crippen LogP contribution is -1.75. The summed E-state index contributed by atoms with van der Waals surface area (Å²) in [6, 6.07) is 12.0. The van der Waals surface area contributed by atoms with Crippen molar-refractivity contribution in [2.45, 2.75) is 0 Å².